The van der Waals surface area contributed by atoms with Gasteiger partial charge >= 0.3 is 0 Å². The number of unbranched alkanes of at least 4 members (excludes halogenated alkanes) is 2. The number of nitrogens with one attached hydrogen (secondary N) is 1. The van der Waals surface area contributed by atoms with E-state index in [1.165, 1.54) is 30.6 Å². The van der Waals surface area contributed by atoms with Gasteiger partial charge in [0, 0.05) is 12.7 Å². The molecular weight excluding hydrogens is 236 g/mol. The van der Waals surface area contributed by atoms with E-state index in [1.54, 1.807) is 0 Å². The van der Waals surface area contributed by atoms with Gasteiger partial charge in [0.15, 0.2) is 0 Å². The van der Waals surface area contributed by atoms with Gasteiger partial charge in [-0.2, -0.15) is 11.8 Å². The van der Waals surface area contributed by atoms with Crippen LogP contribution in [0.3, 0.4) is 0 Å². The molecule has 1 rings (SSSR count). The number of nitrogens with zero attached hydrogens (tertiary/aromatic N) is 1. The average Bonchev–Trinajstić information content (AvgIpc) is 2.34. The highest BCUT2D eigenvalue weighted by molar-refractivity contribution is 7.98. The van der Waals surface area contributed by atoms with Crippen molar-refractivity contribution in [3.63, 3.8) is 0 Å². The second-order valence-electron chi connectivity index (χ2n) is 3.70. The lowest BCUT2D eigenvalue weighted by atomic mass is 10.2. The smallest absolute Gasteiger partial charge is 0.255 e. The molecule has 0 radical (unpaired) electrons. The van der Waals surface area contributed by atoms with Crippen LogP contribution in [0.5, 0.6) is 5.75 Å². The zero-order valence-electron chi connectivity index (χ0n) is 9.98. The molecule has 94 valence electrons. The Morgan fingerprint density at radius 2 is 2.29 bits per heavy atom. The molecule has 0 saturated carbocycles. The Morgan fingerprint density at radius 3 is 3.00 bits per heavy atom. The molecule has 0 aliphatic rings. The van der Waals surface area contributed by atoms with Gasteiger partial charge in [-0.1, -0.05) is 6.42 Å². The molecule has 0 saturated heterocycles. The van der Waals surface area contributed by atoms with Gasteiger partial charge in [-0.25, -0.2) is 0 Å². The van der Waals surface area contributed by atoms with E-state index in [4.69, 9.17) is 0 Å². The fourth-order valence-corrected chi connectivity index (χ4v) is 1.92. The van der Waals surface area contributed by atoms with Crippen LogP contribution < -0.4 is 5.32 Å². The van der Waals surface area contributed by atoms with Gasteiger partial charge in [0.1, 0.15) is 5.75 Å². The number of hydrogen-bond acceptors (Lipinski definition) is 4. The first-order valence-electron chi connectivity index (χ1n) is 5.66. The first kappa shape index (κ1) is 13.8. The molecule has 17 heavy (non-hydrogen) atoms. The van der Waals surface area contributed by atoms with Crippen molar-refractivity contribution in [3.8, 4) is 5.75 Å². The molecule has 1 aromatic heterocycles. The number of hydrogen-bond donors (Lipinski definition) is 2. The van der Waals surface area contributed by atoms with Gasteiger partial charge in [0.25, 0.3) is 5.91 Å². The molecule has 0 aliphatic carbocycles. The minimum absolute atomic E-state index is 0.0765. The lowest BCUT2D eigenvalue weighted by Crippen LogP contribution is -2.24. The van der Waals surface area contributed by atoms with E-state index in [9.17, 15) is 9.90 Å². The highest BCUT2D eigenvalue weighted by Gasteiger charge is 2.09. The predicted molar refractivity (Wildman–Crippen MR) is 70.5 cm³/mol. The van der Waals surface area contributed by atoms with Crippen LogP contribution in [0.1, 0.15) is 29.6 Å². The Morgan fingerprint density at radius 1 is 1.47 bits per heavy atom. The van der Waals surface area contributed by atoms with Crippen molar-refractivity contribution < 1.29 is 9.90 Å². The molecule has 4 nitrogen and oxygen atoms in total. The van der Waals surface area contributed by atoms with Crippen LogP contribution in [0.4, 0.5) is 0 Å². The third-order valence-electron chi connectivity index (χ3n) is 2.36. The van der Waals surface area contributed by atoms with Gasteiger partial charge in [0.05, 0.1) is 11.8 Å². The second kappa shape index (κ2) is 7.95. The van der Waals surface area contributed by atoms with Crippen molar-refractivity contribution in [2.45, 2.75) is 19.3 Å². The maximum absolute atomic E-state index is 11.7. The number of aromatic hydroxyl groups is 1. The zero-order chi connectivity index (χ0) is 12.5. The van der Waals surface area contributed by atoms with Crippen molar-refractivity contribution in [1.29, 1.82) is 0 Å². The van der Waals surface area contributed by atoms with Gasteiger partial charge in [0.2, 0.25) is 0 Å². The molecule has 0 unspecified atom stereocenters. The van der Waals surface area contributed by atoms with Crippen LogP contribution in [0.15, 0.2) is 18.5 Å². The summed E-state index contributed by atoms with van der Waals surface area (Å²) in [6, 6.07) is 1.51. The number of amides is 1. The van der Waals surface area contributed by atoms with E-state index in [0.29, 0.717) is 6.54 Å². The predicted octanol–water partition coefficient (Wildman–Crippen LogP) is 2.05. The Kier molecular flexibility index (Phi) is 6.47. The summed E-state index contributed by atoms with van der Waals surface area (Å²) in [5, 5.41) is 12.2. The molecule has 0 atom stereocenters. The monoisotopic (exact) mass is 254 g/mol. The van der Waals surface area contributed by atoms with Gasteiger partial charge in [-0.15, -0.1) is 0 Å². The van der Waals surface area contributed by atoms with E-state index in [0.717, 1.165) is 12.8 Å². The Bertz CT molecular complexity index is 358. The van der Waals surface area contributed by atoms with Crippen molar-refractivity contribution in [2.75, 3.05) is 18.6 Å². The second-order valence-corrected chi connectivity index (χ2v) is 4.69. The summed E-state index contributed by atoms with van der Waals surface area (Å²) in [6.07, 6.45) is 8.12. The van der Waals surface area contributed by atoms with Crippen LogP contribution in [0, 0.1) is 0 Å². The van der Waals surface area contributed by atoms with Crippen LogP contribution >= 0.6 is 11.8 Å². The molecule has 1 aromatic rings. The van der Waals surface area contributed by atoms with Crippen molar-refractivity contribution in [3.05, 3.63) is 24.0 Å². The summed E-state index contributed by atoms with van der Waals surface area (Å²) in [4.78, 5) is 15.4. The molecule has 5 heteroatoms. The highest BCUT2D eigenvalue weighted by atomic mass is 32.2. The highest BCUT2D eigenvalue weighted by Crippen LogP contribution is 2.13. The maximum atomic E-state index is 11.7. The maximum Gasteiger partial charge on any atom is 0.255 e. The quantitative estimate of drug-likeness (QED) is 0.731. The van der Waals surface area contributed by atoms with E-state index >= 15 is 0 Å². The van der Waals surface area contributed by atoms with Crippen LogP contribution in [-0.4, -0.2) is 34.6 Å². The van der Waals surface area contributed by atoms with Gasteiger partial charge < -0.3 is 10.4 Å². The Hall–Kier alpha value is -1.23. The SMILES string of the molecule is CSCCCCCNC(=O)c1ccncc1O. The third kappa shape index (κ3) is 5.08. The summed E-state index contributed by atoms with van der Waals surface area (Å²) in [7, 11) is 0. The number of rotatable bonds is 7. The Balaban J connectivity index is 2.24. The molecule has 2 N–H and O–H groups in total. The van der Waals surface area contributed by atoms with E-state index in [-0.39, 0.29) is 17.2 Å². The molecule has 0 fully saturated rings. The van der Waals surface area contributed by atoms with E-state index < -0.39 is 0 Å². The molecule has 0 aromatic carbocycles. The van der Waals surface area contributed by atoms with Crippen LogP contribution in [0.25, 0.3) is 0 Å². The van der Waals surface area contributed by atoms with E-state index in [2.05, 4.69) is 16.6 Å². The molecule has 0 spiro atoms. The number of pyridine rings is 1. The lowest BCUT2D eigenvalue weighted by Gasteiger charge is -2.06. The normalized spacial score (nSPS) is 10.2. The summed E-state index contributed by atoms with van der Waals surface area (Å²) < 4.78 is 0. The van der Waals surface area contributed by atoms with Crippen LogP contribution in [-0.2, 0) is 0 Å². The zero-order valence-corrected chi connectivity index (χ0v) is 10.8. The molecular formula is C12H18N2O2S. The van der Waals surface area contributed by atoms with Gasteiger partial charge in [-0.3, -0.25) is 9.78 Å². The fourth-order valence-electron chi connectivity index (χ4n) is 1.42. The number of thioether (sulfide) groups is 1. The minimum atomic E-state index is -0.241. The summed E-state index contributed by atoms with van der Waals surface area (Å²) in [5.41, 5.74) is 0.282. The summed E-state index contributed by atoms with van der Waals surface area (Å²) in [6.45, 7) is 0.648. The van der Waals surface area contributed by atoms with Crippen molar-refractivity contribution >= 4 is 17.7 Å². The van der Waals surface area contributed by atoms with Crippen LogP contribution in [0.2, 0.25) is 0 Å². The molecule has 1 heterocycles. The topological polar surface area (TPSA) is 62.2 Å². The minimum Gasteiger partial charge on any atom is -0.505 e. The largest absolute Gasteiger partial charge is 0.505 e. The molecule has 0 bridgehead atoms. The Labute approximate surface area is 106 Å². The number of carbonyl (C=O) groups is 1. The first-order chi connectivity index (χ1) is 8.25. The summed E-state index contributed by atoms with van der Waals surface area (Å²) >= 11 is 1.84. The fraction of sp³-hybridized carbons (Fsp3) is 0.500. The third-order valence-corrected chi connectivity index (χ3v) is 3.05. The van der Waals surface area contributed by atoms with Gasteiger partial charge in [-0.05, 0) is 30.9 Å². The lowest BCUT2D eigenvalue weighted by molar-refractivity contribution is 0.0950. The van der Waals surface area contributed by atoms with Crippen molar-refractivity contribution in [2.24, 2.45) is 0 Å². The van der Waals surface area contributed by atoms with Crippen molar-refractivity contribution in [1.82, 2.24) is 10.3 Å². The molecule has 0 aliphatic heterocycles. The first-order valence-corrected chi connectivity index (χ1v) is 7.05. The average molecular weight is 254 g/mol. The summed E-state index contributed by atoms with van der Waals surface area (Å²) in [5.74, 6) is 0.848. The standard InChI is InChI=1S/C12H18N2O2S/c1-17-8-4-2-3-6-14-12(16)10-5-7-13-9-11(10)15/h5,7,9,15H,2-4,6,8H2,1H3,(H,14,16). The van der Waals surface area contributed by atoms with E-state index in [1.807, 2.05) is 11.8 Å². The number of aromatic nitrogens is 1. The molecule has 1 amide bonds. The number of carbonyl (C=O) groups excluding carboxylic acids is 1.